The van der Waals surface area contributed by atoms with Gasteiger partial charge in [-0.1, -0.05) is 23.7 Å². The molecule has 2 aromatic carbocycles. The van der Waals surface area contributed by atoms with E-state index in [1.807, 2.05) is 18.2 Å². The number of Topliss-reactive ketones (excluding diaryl/α,β-unsaturated/α-hetero) is 1. The van der Waals surface area contributed by atoms with Crippen LogP contribution in [0.1, 0.15) is 68.4 Å². The molecule has 1 N–H and O–H groups in total. The second kappa shape index (κ2) is 10.8. The normalized spacial score (nSPS) is 21.8. The van der Waals surface area contributed by atoms with Crippen molar-refractivity contribution < 1.29 is 28.2 Å². The highest BCUT2D eigenvalue weighted by Crippen LogP contribution is 2.48. The molecule has 0 radical (unpaired) electrons. The molecular weight excluding hydrogens is 509 g/mol. The molecule has 0 aromatic heterocycles. The van der Waals surface area contributed by atoms with Crippen molar-refractivity contribution in [3.63, 3.8) is 0 Å². The average Bonchev–Trinajstić information content (AvgIpc) is 3.40. The number of ether oxygens (including phenoxy) is 3. The SMILES string of the molecule is COc1ccc([C@H]2CC(=O)C3=C(C2)NC(C)=C(C(=O)OC2CCCC2)[C@H]3c2c(F)cccc2Cl)cc1OC. The van der Waals surface area contributed by atoms with Crippen molar-refractivity contribution in [2.24, 2.45) is 0 Å². The molecule has 200 valence electrons. The minimum atomic E-state index is -0.951. The van der Waals surface area contributed by atoms with E-state index in [0.29, 0.717) is 34.9 Å². The Hall–Kier alpha value is -3.32. The molecule has 0 unspecified atom stereocenters. The van der Waals surface area contributed by atoms with Crippen molar-refractivity contribution >= 4 is 23.4 Å². The number of carbonyl (C=O) groups is 2. The Morgan fingerprint density at radius 1 is 1.05 bits per heavy atom. The fraction of sp³-hybridized carbons (Fsp3) is 0.400. The number of esters is 1. The van der Waals surface area contributed by atoms with E-state index in [0.717, 1.165) is 31.2 Å². The summed E-state index contributed by atoms with van der Waals surface area (Å²) in [5.74, 6) is -1.16. The molecule has 0 saturated heterocycles. The zero-order valence-corrected chi connectivity index (χ0v) is 22.5. The summed E-state index contributed by atoms with van der Waals surface area (Å²) in [6.07, 6.45) is 4.13. The van der Waals surface area contributed by atoms with E-state index in [-0.39, 0.29) is 40.4 Å². The predicted molar refractivity (Wildman–Crippen MR) is 142 cm³/mol. The molecule has 38 heavy (non-hydrogen) atoms. The Balaban J connectivity index is 1.57. The van der Waals surface area contributed by atoms with Gasteiger partial charge in [-0.05, 0) is 74.8 Å². The van der Waals surface area contributed by atoms with Crippen LogP contribution in [0.15, 0.2) is 58.9 Å². The Morgan fingerprint density at radius 2 is 1.79 bits per heavy atom. The summed E-state index contributed by atoms with van der Waals surface area (Å²) < 4.78 is 32.0. The lowest BCUT2D eigenvalue weighted by atomic mass is 9.71. The number of ketones is 1. The molecule has 0 bridgehead atoms. The lowest BCUT2D eigenvalue weighted by Gasteiger charge is -2.37. The standard InChI is InChI=1S/C30H31ClFNO5/c1-16-26(30(35)38-19-7-4-5-8-19)29(27-20(31)9-6-10-21(27)32)28-22(33-16)13-18(14-23(28)34)17-11-12-24(36-2)25(15-17)37-3/h6,9-12,15,18-19,29,33H,4-5,7-8,13-14H2,1-3H3/t18-,29+/m1/s1. The smallest absolute Gasteiger partial charge is 0.337 e. The maximum Gasteiger partial charge on any atom is 0.337 e. The number of nitrogens with one attached hydrogen (secondary N) is 1. The Labute approximate surface area is 226 Å². The number of hydrogen-bond donors (Lipinski definition) is 1. The van der Waals surface area contributed by atoms with E-state index >= 15 is 4.39 Å². The van der Waals surface area contributed by atoms with Crippen LogP contribution in [0.2, 0.25) is 5.02 Å². The van der Waals surface area contributed by atoms with Crippen molar-refractivity contribution in [2.75, 3.05) is 14.2 Å². The summed E-state index contributed by atoms with van der Waals surface area (Å²) in [6, 6.07) is 10.0. The number of benzene rings is 2. The molecule has 5 rings (SSSR count). The van der Waals surface area contributed by atoms with Gasteiger partial charge in [0, 0.05) is 34.0 Å². The average molecular weight is 540 g/mol. The third-order valence-electron chi connectivity index (χ3n) is 7.79. The van der Waals surface area contributed by atoms with Crippen LogP contribution >= 0.6 is 11.6 Å². The van der Waals surface area contributed by atoms with E-state index in [4.69, 9.17) is 25.8 Å². The molecule has 0 spiro atoms. The fourth-order valence-corrected chi connectivity index (χ4v) is 6.22. The summed E-state index contributed by atoms with van der Waals surface area (Å²) in [5, 5.41) is 3.47. The molecule has 2 atom stereocenters. The van der Waals surface area contributed by atoms with Crippen molar-refractivity contribution in [1.29, 1.82) is 0 Å². The predicted octanol–water partition coefficient (Wildman–Crippen LogP) is 6.34. The van der Waals surface area contributed by atoms with Gasteiger partial charge in [-0.15, -0.1) is 0 Å². The number of carbonyl (C=O) groups excluding carboxylic acids is 2. The van der Waals surface area contributed by atoms with E-state index in [1.165, 1.54) is 12.1 Å². The van der Waals surface area contributed by atoms with Crippen LogP contribution in [0.5, 0.6) is 11.5 Å². The van der Waals surface area contributed by atoms with Gasteiger partial charge in [0.05, 0.1) is 25.7 Å². The van der Waals surface area contributed by atoms with Crippen molar-refractivity contribution in [1.82, 2.24) is 5.32 Å². The molecule has 2 aliphatic carbocycles. The maximum absolute atomic E-state index is 15.3. The van der Waals surface area contributed by atoms with Crippen LogP contribution in [0, 0.1) is 5.82 Å². The molecule has 1 heterocycles. The number of allylic oxidation sites excluding steroid dienone is 3. The van der Waals surface area contributed by atoms with Crippen LogP contribution in [-0.2, 0) is 14.3 Å². The number of hydrogen-bond acceptors (Lipinski definition) is 6. The molecule has 6 nitrogen and oxygen atoms in total. The van der Waals surface area contributed by atoms with Gasteiger partial charge >= 0.3 is 5.97 Å². The van der Waals surface area contributed by atoms with E-state index in [1.54, 1.807) is 27.2 Å². The summed E-state index contributed by atoms with van der Waals surface area (Å²) in [6.45, 7) is 1.77. The van der Waals surface area contributed by atoms with Gasteiger partial charge in [0.1, 0.15) is 11.9 Å². The van der Waals surface area contributed by atoms with Crippen LogP contribution < -0.4 is 14.8 Å². The van der Waals surface area contributed by atoms with Gasteiger partial charge < -0.3 is 19.5 Å². The molecule has 1 saturated carbocycles. The molecule has 2 aromatic rings. The molecule has 8 heteroatoms. The minimum Gasteiger partial charge on any atom is -0.493 e. The van der Waals surface area contributed by atoms with E-state index in [2.05, 4.69) is 5.32 Å². The number of halogens is 2. The quantitative estimate of drug-likeness (QED) is 0.432. The van der Waals surface area contributed by atoms with Gasteiger partial charge in [-0.2, -0.15) is 0 Å². The van der Waals surface area contributed by atoms with Crippen molar-refractivity contribution in [2.45, 2.75) is 63.4 Å². The molecular formula is C30H31ClFNO5. The highest BCUT2D eigenvalue weighted by Gasteiger charge is 2.43. The van der Waals surface area contributed by atoms with Crippen LogP contribution in [0.4, 0.5) is 4.39 Å². The Morgan fingerprint density at radius 3 is 2.47 bits per heavy atom. The number of rotatable bonds is 6. The fourth-order valence-electron chi connectivity index (χ4n) is 5.95. The molecule has 1 aliphatic heterocycles. The van der Waals surface area contributed by atoms with Gasteiger partial charge in [-0.25, -0.2) is 9.18 Å². The first kappa shape index (κ1) is 26.3. The Bertz CT molecular complexity index is 1320. The van der Waals surface area contributed by atoms with Crippen molar-refractivity contribution in [3.05, 3.63) is 80.9 Å². The maximum atomic E-state index is 15.3. The van der Waals surface area contributed by atoms with Crippen LogP contribution in [-0.4, -0.2) is 32.1 Å². The molecule has 3 aliphatic rings. The zero-order chi connectivity index (χ0) is 27.0. The van der Waals surface area contributed by atoms with Crippen LogP contribution in [0.25, 0.3) is 0 Å². The lowest BCUT2D eigenvalue weighted by Crippen LogP contribution is -2.37. The van der Waals surface area contributed by atoms with Gasteiger partial charge in [0.2, 0.25) is 0 Å². The number of methoxy groups -OCH3 is 2. The third kappa shape index (κ3) is 4.80. The highest BCUT2D eigenvalue weighted by molar-refractivity contribution is 6.31. The third-order valence-corrected chi connectivity index (χ3v) is 8.12. The van der Waals surface area contributed by atoms with Crippen LogP contribution in [0.3, 0.4) is 0 Å². The second-order valence-electron chi connectivity index (χ2n) is 10.1. The summed E-state index contributed by atoms with van der Waals surface area (Å²) in [7, 11) is 3.14. The van der Waals surface area contributed by atoms with Crippen molar-refractivity contribution in [3.8, 4) is 11.5 Å². The topological polar surface area (TPSA) is 73.9 Å². The first-order chi connectivity index (χ1) is 18.3. The van der Waals surface area contributed by atoms with E-state index < -0.39 is 17.7 Å². The monoisotopic (exact) mass is 539 g/mol. The summed E-state index contributed by atoms with van der Waals surface area (Å²) >= 11 is 6.52. The summed E-state index contributed by atoms with van der Waals surface area (Å²) in [5.41, 5.74) is 2.87. The largest absolute Gasteiger partial charge is 0.493 e. The van der Waals surface area contributed by atoms with E-state index in [9.17, 15) is 9.59 Å². The first-order valence-electron chi connectivity index (χ1n) is 12.9. The zero-order valence-electron chi connectivity index (χ0n) is 21.7. The minimum absolute atomic E-state index is 0.124. The first-order valence-corrected chi connectivity index (χ1v) is 13.3. The van der Waals surface area contributed by atoms with Gasteiger partial charge in [0.15, 0.2) is 17.3 Å². The van der Waals surface area contributed by atoms with Gasteiger partial charge in [-0.3, -0.25) is 4.79 Å². The summed E-state index contributed by atoms with van der Waals surface area (Å²) in [4.78, 5) is 27.3. The second-order valence-corrected chi connectivity index (χ2v) is 10.5. The molecule has 1 fully saturated rings. The Kier molecular flexibility index (Phi) is 7.48. The number of dihydropyridines is 1. The van der Waals surface area contributed by atoms with Gasteiger partial charge in [0.25, 0.3) is 0 Å². The molecule has 0 amide bonds. The lowest BCUT2D eigenvalue weighted by molar-refractivity contribution is -0.144. The highest BCUT2D eigenvalue weighted by atomic mass is 35.5.